The van der Waals surface area contributed by atoms with Crippen LogP contribution in [0.4, 0.5) is 0 Å². The van der Waals surface area contributed by atoms with E-state index in [4.69, 9.17) is 5.73 Å². The van der Waals surface area contributed by atoms with Crippen LogP contribution in [0.5, 0.6) is 0 Å². The second kappa shape index (κ2) is 8.16. The molecule has 0 aromatic carbocycles. The minimum Gasteiger partial charge on any atom is -0.335 e. The number of halogens is 1. The Hall–Kier alpha value is -0.580. The first-order valence-electron chi connectivity index (χ1n) is 7.57. The summed E-state index contributed by atoms with van der Waals surface area (Å²) in [6, 6.07) is 4.71. The molecule has 1 aromatic heterocycles. The number of hydrogen-bond acceptors (Lipinski definition) is 3. The van der Waals surface area contributed by atoms with Crippen LogP contribution in [0.2, 0.25) is 0 Å². The van der Waals surface area contributed by atoms with Gasteiger partial charge in [-0.2, -0.15) is 0 Å². The molecule has 1 aromatic rings. The summed E-state index contributed by atoms with van der Waals surface area (Å²) in [5, 5.41) is 0. The van der Waals surface area contributed by atoms with Gasteiger partial charge in [-0.3, -0.25) is 4.79 Å². The van der Waals surface area contributed by atoms with E-state index in [1.165, 1.54) is 16.2 Å². The van der Waals surface area contributed by atoms with Crippen molar-refractivity contribution in [1.82, 2.24) is 4.90 Å². The summed E-state index contributed by atoms with van der Waals surface area (Å²) in [4.78, 5) is 17.1. The summed E-state index contributed by atoms with van der Waals surface area (Å²) < 4.78 is 0. The SMILES string of the molecule is Cc1ccc(CN(C(=O)C[C@@H]2CCC[C@H]2N)C(C)C)s1.Cl. The summed E-state index contributed by atoms with van der Waals surface area (Å²) in [7, 11) is 0. The van der Waals surface area contributed by atoms with Gasteiger partial charge in [0.15, 0.2) is 0 Å². The first-order valence-corrected chi connectivity index (χ1v) is 8.39. The van der Waals surface area contributed by atoms with Crippen molar-refractivity contribution in [2.45, 2.75) is 65.1 Å². The molecule has 0 spiro atoms. The Morgan fingerprint density at radius 2 is 2.14 bits per heavy atom. The summed E-state index contributed by atoms with van der Waals surface area (Å²) in [5.41, 5.74) is 6.09. The monoisotopic (exact) mass is 330 g/mol. The highest BCUT2D eigenvalue weighted by Crippen LogP contribution is 2.28. The van der Waals surface area contributed by atoms with Gasteiger partial charge in [-0.15, -0.1) is 23.7 Å². The Kier molecular flexibility index (Phi) is 7.17. The van der Waals surface area contributed by atoms with Crippen molar-refractivity contribution in [2.75, 3.05) is 0 Å². The highest BCUT2D eigenvalue weighted by Gasteiger charge is 2.28. The van der Waals surface area contributed by atoms with Gasteiger partial charge in [0, 0.05) is 28.3 Å². The van der Waals surface area contributed by atoms with Crippen LogP contribution >= 0.6 is 23.7 Å². The first-order chi connectivity index (χ1) is 9.47. The molecule has 5 heteroatoms. The van der Waals surface area contributed by atoms with Gasteiger partial charge in [-0.25, -0.2) is 0 Å². The van der Waals surface area contributed by atoms with Gasteiger partial charge < -0.3 is 10.6 Å². The molecule has 0 radical (unpaired) electrons. The summed E-state index contributed by atoms with van der Waals surface area (Å²) in [6.07, 6.45) is 3.97. The van der Waals surface area contributed by atoms with Crippen LogP contribution in [-0.2, 0) is 11.3 Å². The largest absolute Gasteiger partial charge is 0.335 e. The third-order valence-corrected chi connectivity index (χ3v) is 5.21. The molecule has 0 saturated heterocycles. The maximum atomic E-state index is 12.6. The number of hydrogen-bond donors (Lipinski definition) is 1. The minimum absolute atomic E-state index is 0. The van der Waals surface area contributed by atoms with E-state index in [0.29, 0.717) is 12.3 Å². The molecule has 1 amide bonds. The summed E-state index contributed by atoms with van der Waals surface area (Å²) in [5.74, 6) is 0.641. The van der Waals surface area contributed by atoms with Crippen LogP contribution in [0.1, 0.15) is 49.3 Å². The van der Waals surface area contributed by atoms with E-state index in [-0.39, 0.29) is 30.4 Å². The molecule has 2 N–H and O–H groups in total. The average Bonchev–Trinajstić information content (AvgIpc) is 2.96. The standard InChI is InChI=1S/C16H26N2OS.ClH/c1-11(2)18(10-14-8-7-12(3)20-14)16(19)9-13-5-4-6-15(13)17;/h7-8,11,13,15H,4-6,9-10,17H2,1-3H3;1H/t13-,15+;/m0./s1. The molecule has 2 atom stereocenters. The van der Waals surface area contributed by atoms with Gasteiger partial charge in [0.2, 0.25) is 5.91 Å². The van der Waals surface area contributed by atoms with Crippen molar-refractivity contribution < 1.29 is 4.79 Å². The van der Waals surface area contributed by atoms with Crippen molar-refractivity contribution in [3.05, 3.63) is 21.9 Å². The third kappa shape index (κ3) is 4.97. The van der Waals surface area contributed by atoms with Crippen LogP contribution in [0, 0.1) is 12.8 Å². The normalized spacial score (nSPS) is 21.4. The number of aryl methyl sites for hydroxylation is 1. The number of rotatable bonds is 5. The number of amides is 1. The molecule has 120 valence electrons. The predicted octanol–water partition coefficient (Wildman–Crippen LogP) is 3.73. The fourth-order valence-electron chi connectivity index (χ4n) is 2.96. The Morgan fingerprint density at radius 3 is 2.62 bits per heavy atom. The number of carbonyl (C=O) groups excluding carboxylic acids is 1. The maximum Gasteiger partial charge on any atom is 0.223 e. The number of thiophene rings is 1. The van der Waals surface area contributed by atoms with Gasteiger partial charge in [-0.1, -0.05) is 6.42 Å². The van der Waals surface area contributed by atoms with Gasteiger partial charge in [0.25, 0.3) is 0 Å². The molecule has 0 unspecified atom stereocenters. The van der Waals surface area contributed by atoms with Crippen LogP contribution < -0.4 is 5.73 Å². The minimum atomic E-state index is 0. The zero-order chi connectivity index (χ0) is 14.7. The third-order valence-electron chi connectivity index (χ3n) is 4.22. The van der Waals surface area contributed by atoms with Crippen LogP contribution in [-0.4, -0.2) is 22.9 Å². The van der Waals surface area contributed by atoms with Crippen LogP contribution in [0.25, 0.3) is 0 Å². The molecule has 0 aliphatic heterocycles. The smallest absolute Gasteiger partial charge is 0.223 e. The predicted molar refractivity (Wildman–Crippen MR) is 91.9 cm³/mol. The van der Waals surface area contributed by atoms with E-state index in [1.807, 2.05) is 4.90 Å². The maximum absolute atomic E-state index is 12.6. The van der Waals surface area contributed by atoms with E-state index >= 15 is 0 Å². The Morgan fingerprint density at radius 1 is 1.43 bits per heavy atom. The molecular formula is C16H27ClN2OS. The van der Waals surface area contributed by atoms with Crippen molar-refractivity contribution >= 4 is 29.7 Å². The van der Waals surface area contributed by atoms with E-state index in [9.17, 15) is 4.79 Å². The molecule has 1 saturated carbocycles. The van der Waals surface area contributed by atoms with Gasteiger partial charge in [0.05, 0.1) is 6.54 Å². The second-order valence-corrected chi connectivity index (χ2v) is 7.56. The Bertz CT molecular complexity index is 461. The summed E-state index contributed by atoms with van der Waals surface area (Å²) >= 11 is 1.78. The highest BCUT2D eigenvalue weighted by atomic mass is 35.5. The fraction of sp³-hybridized carbons (Fsp3) is 0.688. The molecule has 21 heavy (non-hydrogen) atoms. The molecule has 1 aliphatic carbocycles. The molecule has 1 heterocycles. The van der Waals surface area contributed by atoms with Crippen molar-refractivity contribution in [3.63, 3.8) is 0 Å². The lowest BCUT2D eigenvalue weighted by molar-refractivity contribution is -0.134. The second-order valence-electron chi connectivity index (χ2n) is 6.19. The van der Waals surface area contributed by atoms with E-state index in [1.54, 1.807) is 11.3 Å². The lowest BCUT2D eigenvalue weighted by Gasteiger charge is -2.28. The first kappa shape index (κ1) is 18.5. The van der Waals surface area contributed by atoms with Gasteiger partial charge >= 0.3 is 0 Å². The zero-order valence-electron chi connectivity index (χ0n) is 13.2. The van der Waals surface area contributed by atoms with Crippen molar-refractivity contribution in [3.8, 4) is 0 Å². The lowest BCUT2D eigenvalue weighted by Crippen LogP contribution is -2.38. The van der Waals surface area contributed by atoms with E-state index < -0.39 is 0 Å². The molecule has 1 fully saturated rings. The van der Waals surface area contributed by atoms with Crippen LogP contribution in [0.3, 0.4) is 0 Å². The molecule has 1 aliphatic rings. The highest BCUT2D eigenvalue weighted by molar-refractivity contribution is 7.11. The summed E-state index contributed by atoms with van der Waals surface area (Å²) in [6.45, 7) is 7.02. The number of nitrogens with zero attached hydrogens (tertiary/aromatic N) is 1. The number of carbonyl (C=O) groups is 1. The molecule has 3 nitrogen and oxygen atoms in total. The van der Waals surface area contributed by atoms with Crippen molar-refractivity contribution in [2.24, 2.45) is 11.7 Å². The quantitative estimate of drug-likeness (QED) is 0.894. The molecule has 2 rings (SSSR count). The molecular weight excluding hydrogens is 304 g/mol. The van der Waals surface area contributed by atoms with E-state index in [2.05, 4.69) is 32.9 Å². The molecule has 0 bridgehead atoms. The van der Waals surface area contributed by atoms with Crippen molar-refractivity contribution in [1.29, 1.82) is 0 Å². The van der Waals surface area contributed by atoms with E-state index in [0.717, 1.165) is 19.4 Å². The van der Waals surface area contributed by atoms with Gasteiger partial charge in [-0.05, 0) is 51.7 Å². The number of nitrogens with two attached hydrogens (primary N) is 1. The Balaban J connectivity index is 0.00000220. The van der Waals surface area contributed by atoms with Crippen LogP contribution in [0.15, 0.2) is 12.1 Å². The lowest BCUT2D eigenvalue weighted by atomic mass is 9.99. The topological polar surface area (TPSA) is 46.3 Å². The fourth-order valence-corrected chi connectivity index (χ4v) is 3.85. The zero-order valence-corrected chi connectivity index (χ0v) is 14.8. The average molecular weight is 331 g/mol. The van der Waals surface area contributed by atoms with Gasteiger partial charge in [0.1, 0.15) is 0 Å². The Labute approximate surface area is 138 Å².